The van der Waals surface area contributed by atoms with E-state index in [1.165, 1.54) is 56.6 Å². The second-order valence-electron chi connectivity index (χ2n) is 6.23. The van der Waals surface area contributed by atoms with E-state index in [9.17, 15) is 0 Å². The van der Waals surface area contributed by atoms with Crippen LogP contribution in [0.1, 0.15) is 30.4 Å². The molecule has 2 aliphatic heterocycles. The van der Waals surface area contributed by atoms with Crippen LogP contribution in [0.25, 0.3) is 0 Å². The van der Waals surface area contributed by atoms with Crippen molar-refractivity contribution in [1.29, 1.82) is 0 Å². The average Bonchev–Trinajstić information content (AvgIpc) is 3.12. The molecule has 2 aliphatic rings. The highest BCUT2D eigenvalue weighted by Crippen LogP contribution is 2.22. The van der Waals surface area contributed by atoms with Crippen molar-refractivity contribution in [2.75, 3.05) is 32.7 Å². The van der Waals surface area contributed by atoms with Gasteiger partial charge in [-0.05, 0) is 56.4 Å². The van der Waals surface area contributed by atoms with Crippen LogP contribution in [-0.4, -0.2) is 48.6 Å². The monoisotopic (exact) mass is 273 g/mol. The lowest BCUT2D eigenvalue weighted by Gasteiger charge is -2.24. The molecule has 0 aliphatic carbocycles. The van der Waals surface area contributed by atoms with Crippen LogP contribution in [0.4, 0.5) is 0 Å². The normalized spacial score (nSPS) is 24.6. The molecule has 3 nitrogen and oxygen atoms in total. The van der Waals surface area contributed by atoms with Crippen LogP contribution in [-0.2, 0) is 13.0 Å². The topological polar surface area (TPSA) is 32.5 Å². The van der Waals surface area contributed by atoms with Crippen molar-refractivity contribution in [3.05, 3.63) is 35.4 Å². The van der Waals surface area contributed by atoms with E-state index >= 15 is 0 Å². The first-order chi connectivity index (χ1) is 9.86. The van der Waals surface area contributed by atoms with Crippen molar-refractivity contribution >= 4 is 0 Å². The molecule has 2 heterocycles. The fraction of sp³-hybridized carbons (Fsp3) is 0.647. The molecular weight excluding hydrogens is 246 g/mol. The third kappa shape index (κ3) is 3.22. The average molecular weight is 273 g/mol. The first-order valence-electron chi connectivity index (χ1n) is 8.10. The minimum Gasteiger partial charge on any atom is -0.330 e. The Morgan fingerprint density at radius 1 is 1.05 bits per heavy atom. The number of nitrogens with zero attached hydrogens (tertiary/aromatic N) is 2. The molecule has 1 aromatic rings. The number of nitrogens with two attached hydrogens (primary N) is 1. The predicted octanol–water partition coefficient (Wildman–Crippen LogP) is 1.86. The molecule has 3 rings (SSSR count). The van der Waals surface area contributed by atoms with E-state index in [4.69, 9.17) is 5.73 Å². The summed E-state index contributed by atoms with van der Waals surface area (Å²) in [4.78, 5) is 5.32. The van der Waals surface area contributed by atoms with Gasteiger partial charge in [-0.3, -0.25) is 9.80 Å². The van der Waals surface area contributed by atoms with Crippen LogP contribution in [0, 0.1) is 0 Å². The van der Waals surface area contributed by atoms with Crippen molar-refractivity contribution in [1.82, 2.24) is 9.80 Å². The van der Waals surface area contributed by atoms with E-state index in [1.54, 1.807) is 0 Å². The fourth-order valence-corrected chi connectivity index (χ4v) is 3.71. The lowest BCUT2D eigenvalue weighted by Crippen LogP contribution is -2.35. The zero-order valence-electron chi connectivity index (χ0n) is 12.4. The van der Waals surface area contributed by atoms with Crippen LogP contribution >= 0.6 is 0 Å². The summed E-state index contributed by atoms with van der Waals surface area (Å²) < 4.78 is 0. The molecule has 0 spiro atoms. The summed E-state index contributed by atoms with van der Waals surface area (Å²) in [7, 11) is 0. The van der Waals surface area contributed by atoms with Crippen molar-refractivity contribution in [3.8, 4) is 0 Å². The quantitative estimate of drug-likeness (QED) is 0.889. The van der Waals surface area contributed by atoms with E-state index < -0.39 is 0 Å². The largest absolute Gasteiger partial charge is 0.330 e. The molecule has 1 unspecified atom stereocenters. The first kappa shape index (κ1) is 14.1. The third-order valence-electron chi connectivity index (χ3n) is 4.83. The van der Waals surface area contributed by atoms with Gasteiger partial charge in [0, 0.05) is 25.7 Å². The summed E-state index contributed by atoms with van der Waals surface area (Å²) in [6.07, 6.45) is 5.14. The second kappa shape index (κ2) is 6.70. The van der Waals surface area contributed by atoms with Crippen molar-refractivity contribution in [2.24, 2.45) is 5.73 Å². The van der Waals surface area contributed by atoms with E-state index in [1.807, 2.05) is 0 Å². The molecule has 3 heteroatoms. The highest BCUT2D eigenvalue weighted by molar-refractivity contribution is 5.27. The Bertz CT molecular complexity index is 426. The zero-order chi connectivity index (χ0) is 13.8. The van der Waals surface area contributed by atoms with Crippen molar-refractivity contribution in [2.45, 2.75) is 38.3 Å². The Morgan fingerprint density at radius 2 is 1.80 bits per heavy atom. The summed E-state index contributed by atoms with van der Waals surface area (Å²) in [5.74, 6) is 0. The van der Waals surface area contributed by atoms with Gasteiger partial charge in [0.1, 0.15) is 0 Å². The third-order valence-corrected chi connectivity index (χ3v) is 4.83. The number of likely N-dealkylation sites (tertiary alicyclic amines) is 2. The molecule has 110 valence electrons. The van der Waals surface area contributed by atoms with Gasteiger partial charge >= 0.3 is 0 Å². The van der Waals surface area contributed by atoms with E-state index in [-0.39, 0.29) is 0 Å². The Balaban J connectivity index is 1.58. The lowest BCUT2D eigenvalue weighted by molar-refractivity contribution is 0.229. The minimum atomic E-state index is 0.743. The van der Waals surface area contributed by atoms with Crippen LogP contribution in [0.5, 0.6) is 0 Å². The smallest absolute Gasteiger partial charge is 0.0237 e. The molecule has 0 saturated carbocycles. The Labute approximate surface area is 122 Å². The van der Waals surface area contributed by atoms with Gasteiger partial charge in [-0.2, -0.15) is 0 Å². The van der Waals surface area contributed by atoms with Crippen molar-refractivity contribution < 1.29 is 0 Å². The Morgan fingerprint density at radius 3 is 2.55 bits per heavy atom. The SMILES string of the molecule is NCCc1ccccc1CN1CCC(N2CCCC2)C1. The molecule has 1 aromatic carbocycles. The van der Waals surface area contributed by atoms with Crippen LogP contribution in [0.2, 0.25) is 0 Å². The summed E-state index contributed by atoms with van der Waals surface area (Å²) in [6.45, 7) is 6.98. The number of benzene rings is 1. The molecule has 2 fully saturated rings. The molecular formula is C17H27N3. The van der Waals surface area contributed by atoms with E-state index in [0.717, 1.165) is 25.6 Å². The maximum Gasteiger partial charge on any atom is 0.0237 e. The van der Waals surface area contributed by atoms with Crippen molar-refractivity contribution in [3.63, 3.8) is 0 Å². The summed E-state index contributed by atoms with van der Waals surface area (Å²) in [5, 5.41) is 0. The predicted molar refractivity (Wildman–Crippen MR) is 83.7 cm³/mol. The maximum atomic E-state index is 5.72. The van der Waals surface area contributed by atoms with Crippen LogP contribution < -0.4 is 5.73 Å². The molecule has 0 amide bonds. The number of hydrogen-bond donors (Lipinski definition) is 1. The molecule has 2 saturated heterocycles. The Kier molecular flexibility index (Phi) is 4.71. The van der Waals surface area contributed by atoms with Gasteiger partial charge in [0.15, 0.2) is 0 Å². The molecule has 2 N–H and O–H groups in total. The summed E-state index contributed by atoms with van der Waals surface area (Å²) >= 11 is 0. The lowest BCUT2D eigenvalue weighted by atomic mass is 10.0. The van der Waals surface area contributed by atoms with E-state index in [2.05, 4.69) is 34.1 Å². The standard InChI is InChI=1S/C17H27N3/c18-9-7-15-5-1-2-6-16(15)13-19-12-8-17(14-19)20-10-3-4-11-20/h1-2,5-6,17H,3-4,7-14,18H2. The van der Waals surface area contributed by atoms with Gasteiger partial charge < -0.3 is 5.73 Å². The van der Waals surface area contributed by atoms with Gasteiger partial charge in [0.2, 0.25) is 0 Å². The van der Waals surface area contributed by atoms with Gasteiger partial charge in [-0.15, -0.1) is 0 Å². The first-order valence-corrected chi connectivity index (χ1v) is 8.10. The van der Waals surface area contributed by atoms with E-state index in [0.29, 0.717) is 0 Å². The highest BCUT2D eigenvalue weighted by Gasteiger charge is 2.29. The molecule has 20 heavy (non-hydrogen) atoms. The number of rotatable bonds is 5. The maximum absolute atomic E-state index is 5.72. The molecule has 1 atom stereocenters. The van der Waals surface area contributed by atoms with Gasteiger partial charge in [0.05, 0.1) is 0 Å². The number of hydrogen-bond acceptors (Lipinski definition) is 3. The fourth-order valence-electron chi connectivity index (χ4n) is 3.71. The minimum absolute atomic E-state index is 0.743. The summed E-state index contributed by atoms with van der Waals surface area (Å²) in [6, 6.07) is 9.60. The zero-order valence-corrected chi connectivity index (χ0v) is 12.4. The second-order valence-corrected chi connectivity index (χ2v) is 6.23. The molecule has 0 radical (unpaired) electrons. The van der Waals surface area contributed by atoms with Crippen LogP contribution in [0.15, 0.2) is 24.3 Å². The summed E-state index contributed by atoms with van der Waals surface area (Å²) in [5.41, 5.74) is 8.62. The molecule has 0 aromatic heterocycles. The van der Waals surface area contributed by atoms with Crippen LogP contribution in [0.3, 0.4) is 0 Å². The molecule has 0 bridgehead atoms. The highest BCUT2D eigenvalue weighted by atomic mass is 15.3. The van der Waals surface area contributed by atoms with Gasteiger partial charge in [-0.1, -0.05) is 24.3 Å². The Hall–Kier alpha value is -0.900. The van der Waals surface area contributed by atoms with Gasteiger partial charge in [0.25, 0.3) is 0 Å². The van der Waals surface area contributed by atoms with Gasteiger partial charge in [-0.25, -0.2) is 0 Å².